The van der Waals surface area contributed by atoms with Crippen LogP contribution in [0.1, 0.15) is 41.9 Å². The second kappa shape index (κ2) is 9.76. The van der Waals surface area contributed by atoms with Gasteiger partial charge in [0.05, 0.1) is 12.2 Å². The topological polar surface area (TPSA) is 112 Å². The van der Waals surface area contributed by atoms with Crippen LogP contribution in [0.15, 0.2) is 54.6 Å². The fourth-order valence-electron chi connectivity index (χ4n) is 3.43. The van der Waals surface area contributed by atoms with Crippen LogP contribution in [0.3, 0.4) is 0 Å². The largest absolute Gasteiger partial charge is 0.333 e. The van der Waals surface area contributed by atoms with Crippen molar-refractivity contribution in [2.45, 2.75) is 19.9 Å². The van der Waals surface area contributed by atoms with Crippen molar-refractivity contribution >= 4 is 40.8 Å². The first-order valence-electron chi connectivity index (χ1n) is 10.3. The van der Waals surface area contributed by atoms with Crippen LogP contribution in [0.2, 0.25) is 0 Å². The number of rotatable bonds is 5. The van der Waals surface area contributed by atoms with Crippen molar-refractivity contribution in [3.63, 3.8) is 0 Å². The molecule has 8 nitrogen and oxygen atoms in total. The minimum absolute atomic E-state index is 0.139. The zero-order chi connectivity index (χ0) is 23.4. The number of hydrogen-bond donors (Lipinski definition) is 3. The molecular weight excluding hydrogens is 440 g/mol. The van der Waals surface area contributed by atoms with Crippen molar-refractivity contribution < 1.29 is 19.6 Å². The first-order chi connectivity index (χ1) is 15.9. The summed E-state index contributed by atoms with van der Waals surface area (Å²) in [6.07, 6.45) is 3.75. The highest BCUT2D eigenvalue weighted by Gasteiger charge is 2.26. The van der Waals surface area contributed by atoms with E-state index in [0.29, 0.717) is 30.8 Å². The molecule has 2 aromatic carbocycles. The summed E-state index contributed by atoms with van der Waals surface area (Å²) in [7, 11) is 0. The van der Waals surface area contributed by atoms with Gasteiger partial charge in [-0.25, -0.2) is 10.5 Å². The number of hydrogen-bond acceptors (Lipinski definition) is 6. The third kappa shape index (κ3) is 5.33. The lowest BCUT2D eigenvalue weighted by Gasteiger charge is -2.26. The van der Waals surface area contributed by atoms with Gasteiger partial charge in [0.2, 0.25) is 5.91 Å². The molecule has 2 heterocycles. The number of thiazole rings is 1. The first-order valence-corrected chi connectivity index (χ1v) is 11.1. The molecule has 9 heteroatoms. The summed E-state index contributed by atoms with van der Waals surface area (Å²) in [5.74, 6) is -1.05. The van der Waals surface area contributed by atoms with Gasteiger partial charge in [-0.3, -0.25) is 19.6 Å². The van der Waals surface area contributed by atoms with Gasteiger partial charge in [-0.05, 0) is 42.8 Å². The molecule has 0 saturated heterocycles. The Morgan fingerprint density at radius 1 is 1.09 bits per heavy atom. The van der Waals surface area contributed by atoms with Crippen molar-refractivity contribution in [1.29, 1.82) is 0 Å². The molecule has 0 radical (unpaired) electrons. The summed E-state index contributed by atoms with van der Waals surface area (Å²) in [4.78, 5) is 43.4. The Morgan fingerprint density at radius 3 is 2.52 bits per heavy atom. The van der Waals surface area contributed by atoms with E-state index in [1.807, 2.05) is 31.2 Å². The molecule has 0 fully saturated rings. The number of hydroxylamine groups is 1. The lowest BCUT2D eigenvalue weighted by molar-refractivity contribution is -0.111. The molecule has 1 aliphatic rings. The van der Waals surface area contributed by atoms with E-state index in [4.69, 9.17) is 5.21 Å². The molecule has 0 spiro atoms. The number of nitrogens with zero attached hydrogens (tertiary/aromatic N) is 2. The van der Waals surface area contributed by atoms with Gasteiger partial charge < -0.3 is 10.2 Å². The maximum atomic E-state index is 12.9. The summed E-state index contributed by atoms with van der Waals surface area (Å²) < 4.78 is 0. The van der Waals surface area contributed by atoms with E-state index in [0.717, 1.165) is 21.7 Å². The molecule has 0 saturated carbocycles. The Bertz CT molecular complexity index is 1220. The average Bonchev–Trinajstić information content (AvgIpc) is 3.27. The molecule has 1 aromatic heterocycles. The number of carbonyl (C=O) groups is 3. The van der Waals surface area contributed by atoms with Crippen LogP contribution in [0, 0.1) is 6.92 Å². The third-order valence-electron chi connectivity index (χ3n) is 5.22. The summed E-state index contributed by atoms with van der Waals surface area (Å²) in [5.41, 5.74) is 5.54. The number of amides is 3. The first kappa shape index (κ1) is 22.4. The van der Waals surface area contributed by atoms with Crippen molar-refractivity contribution in [3.8, 4) is 0 Å². The minimum Gasteiger partial charge on any atom is -0.333 e. The smallest absolute Gasteiger partial charge is 0.303 e. The fraction of sp³-hybridized carbons (Fsp3) is 0.167. The van der Waals surface area contributed by atoms with Crippen molar-refractivity contribution in [1.82, 2.24) is 15.4 Å². The lowest BCUT2D eigenvalue weighted by Crippen LogP contribution is -2.35. The Balaban J connectivity index is 1.36. The minimum atomic E-state index is -0.654. The molecule has 0 atom stereocenters. The Kier molecular flexibility index (Phi) is 6.62. The predicted molar refractivity (Wildman–Crippen MR) is 125 cm³/mol. The maximum Gasteiger partial charge on any atom is 0.303 e. The highest BCUT2D eigenvalue weighted by molar-refractivity contribution is 7.13. The molecule has 4 rings (SSSR count). The molecule has 33 heavy (non-hydrogen) atoms. The second-order valence-electron chi connectivity index (χ2n) is 7.62. The van der Waals surface area contributed by atoms with Crippen LogP contribution in [-0.4, -0.2) is 39.4 Å². The van der Waals surface area contributed by atoms with Gasteiger partial charge >= 0.3 is 5.91 Å². The normalized spacial score (nSPS) is 13.0. The van der Waals surface area contributed by atoms with Crippen LogP contribution in [0.5, 0.6) is 0 Å². The molecule has 0 aliphatic carbocycles. The summed E-state index contributed by atoms with van der Waals surface area (Å²) in [5, 5.41) is 11.7. The van der Waals surface area contributed by atoms with Crippen LogP contribution in [-0.2, 0) is 17.8 Å². The highest BCUT2D eigenvalue weighted by Crippen LogP contribution is 2.26. The van der Waals surface area contributed by atoms with E-state index in [1.54, 1.807) is 40.7 Å². The van der Waals surface area contributed by atoms with Gasteiger partial charge in [0.1, 0.15) is 0 Å². The number of anilines is 1. The van der Waals surface area contributed by atoms with Crippen molar-refractivity contribution in [2.75, 3.05) is 11.9 Å². The van der Waals surface area contributed by atoms with E-state index >= 15 is 0 Å². The van der Waals surface area contributed by atoms with Gasteiger partial charge in [0, 0.05) is 35.2 Å². The average molecular weight is 463 g/mol. The molecule has 3 aromatic rings. The number of nitrogens with one attached hydrogen (secondary N) is 2. The third-order valence-corrected chi connectivity index (χ3v) is 6.30. The van der Waals surface area contributed by atoms with Gasteiger partial charge in [0.15, 0.2) is 5.01 Å². The van der Waals surface area contributed by atoms with E-state index < -0.39 is 5.91 Å². The van der Waals surface area contributed by atoms with Gasteiger partial charge in [0.25, 0.3) is 5.91 Å². The lowest BCUT2D eigenvalue weighted by atomic mass is 10.1. The Morgan fingerprint density at radius 2 is 1.82 bits per heavy atom. The standard InChI is InChI=1S/C24H22N4O4S/c1-15-2-4-16(5-3-15)6-11-21(29)25-18-9-7-17(8-10-18)24(31)28-13-12-19-20(14-28)33-23(26-19)22(30)27-32/h2-11,32H,12-14H2,1H3,(H,25,29)(H,27,30)/b11-6+. The highest BCUT2D eigenvalue weighted by atomic mass is 32.1. The number of benzene rings is 2. The van der Waals surface area contributed by atoms with Gasteiger partial charge in [-0.15, -0.1) is 11.3 Å². The van der Waals surface area contributed by atoms with E-state index in [2.05, 4.69) is 10.3 Å². The van der Waals surface area contributed by atoms with Crippen LogP contribution in [0.4, 0.5) is 5.69 Å². The van der Waals surface area contributed by atoms with Crippen molar-refractivity contribution in [2.24, 2.45) is 0 Å². The monoisotopic (exact) mass is 462 g/mol. The molecule has 3 amide bonds. The Labute approximate surface area is 194 Å². The zero-order valence-electron chi connectivity index (χ0n) is 17.9. The fourth-order valence-corrected chi connectivity index (χ4v) is 4.44. The van der Waals surface area contributed by atoms with E-state index in [-0.39, 0.29) is 16.8 Å². The predicted octanol–water partition coefficient (Wildman–Crippen LogP) is 3.42. The molecule has 0 bridgehead atoms. The van der Waals surface area contributed by atoms with Gasteiger partial charge in [-0.2, -0.15) is 0 Å². The summed E-state index contributed by atoms with van der Waals surface area (Å²) in [6.45, 7) is 2.84. The number of carbonyl (C=O) groups excluding carboxylic acids is 3. The van der Waals surface area contributed by atoms with Crippen molar-refractivity contribution in [3.05, 3.63) is 86.9 Å². The summed E-state index contributed by atoms with van der Waals surface area (Å²) >= 11 is 1.17. The maximum absolute atomic E-state index is 12.9. The van der Waals surface area contributed by atoms with E-state index in [9.17, 15) is 14.4 Å². The number of fused-ring (bicyclic) bond motifs is 1. The quantitative estimate of drug-likeness (QED) is 0.306. The zero-order valence-corrected chi connectivity index (χ0v) is 18.7. The molecule has 168 valence electrons. The van der Waals surface area contributed by atoms with Crippen LogP contribution < -0.4 is 10.8 Å². The number of aromatic nitrogens is 1. The molecule has 0 unspecified atom stereocenters. The van der Waals surface area contributed by atoms with Crippen LogP contribution >= 0.6 is 11.3 Å². The number of aryl methyl sites for hydroxylation is 1. The van der Waals surface area contributed by atoms with Gasteiger partial charge in [-0.1, -0.05) is 29.8 Å². The molecule has 1 aliphatic heterocycles. The second-order valence-corrected chi connectivity index (χ2v) is 8.70. The van der Waals surface area contributed by atoms with Crippen LogP contribution in [0.25, 0.3) is 6.08 Å². The summed E-state index contributed by atoms with van der Waals surface area (Å²) in [6, 6.07) is 14.6. The molecular formula is C24H22N4O4S. The SMILES string of the molecule is Cc1ccc(/C=C/C(=O)Nc2ccc(C(=O)N3CCc4nc(C(=O)NO)sc4C3)cc2)cc1. The molecule has 3 N–H and O–H groups in total. The Hall–Kier alpha value is -3.82. The van der Waals surface area contributed by atoms with E-state index in [1.165, 1.54) is 17.4 Å².